The zero-order chi connectivity index (χ0) is 40.1. The highest BCUT2D eigenvalue weighted by Crippen LogP contribution is 2.57. The first-order chi connectivity index (χ1) is 27.9. The van der Waals surface area contributed by atoms with Crippen molar-refractivity contribution in [3.05, 3.63) is 208 Å². The van der Waals surface area contributed by atoms with Crippen molar-refractivity contribution in [3.63, 3.8) is 0 Å². The Morgan fingerprint density at radius 1 is 0.414 bits per heavy atom. The molecule has 0 fully saturated rings. The molecule has 8 aromatic carbocycles. The van der Waals surface area contributed by atoms with E-state index in [1.807, 2.05) is 0 Å². The summed E-state index contributed by atoms with van der Waals surface area (Å²) >= 11 is 0. The van der Waals surface area contributed by atoms with Crippen LogP contribution in [0.5, 0.6) is 0 Å². The number of aromatic nitrogens is 1. The lowest BCUT2D eigenvalue weighted by Crippen LogP contribution is -2.28. The zero-order valence-corrected chi connectivity index (χ0v) is 35.0. The summed E-state index contributed by atoms with van der Waals surface area (Å²) in [5.41, 5.74) is 17.7. The molecule has 1 heteroatoms. The molecule has 1 aliphatic rings. The first-order valence-corrected chi connectivity index (χ1v) is 20.9. The summed E-state index contributed by atoms with van der Waals surface area (Å²) in [6, 6.07) is 61.6. The molecule has 284 valence electrons. The number of rotatable bonds is 4. The van der Waals surface area contributed by atoms with E-state index < -0.39 is 5.41 Å². The lowest BCUT2D eigenvalue weighted by molar-refractivity contribution is 0.593. The molecule has 9 aromatic rings. The fourth-order valence-electron chi connectivity index (χ4n) is 10.6. The molecule has 0 radical (unpaired) electrons. The van der Waals surface area contributed by atoms with Crippen molar-refractivity contribution in [1.29, 1.82) is 0 Å². The lowest BCUT2D eigenvalue weighted by atomic mass is 9.67. The predicted molar refractivity (Wildman–Crippen MR) is 248 cm³/mol. The predicted octanol–water partition coefficient (Wildman–Crippen LogP) is 15.2. The molecule has 0 saturated heterocycles. The molecule has 0 atom stereocenters. The van der Waals surface area contributed by atoms with Gasteiger partial charge in [0.15, 0.2) is 0 Å². The second kappa shape index (κ2) is 12.9. The highest BCUT2D eigenvalue weighted by molar-refractivity contribution is 6.12. The Labute approximate surface area is 343 Å². The van der Waals surface area contributed by atoms with E-state index in [1.165, 1.54) is 105 Å². The van der Waals surface area contributed by atoms with Crippen molar-refractivity contribution in [2.45, 2.75) is 71.6 Å². The molecule has 0 unspecified atom stereocenters. The Hall–Kier alpha value is -6.18. The van der Waals surface area contributed by atoms with Gasteiger partial charge in [0.2, 0.25) is 0 Å². The number of hydrogen-bond acceptors (Lipinski definition) is 0. The molecule has 1 aliphatic carbocycles. The third kappa shape index (κ3) is 5.22. The van der Waals surface area contributed by atoms with E-state index in [9.17, 15) is 0 Å². The summed E-state index contributed by atoms with van der Waals surface area (Å²) in [6.45, 7) is 18.8. The van der Waals surface area contributed by atoms with Crippen molar-refractivity contribution >= 4 is 32.4 Å². The Morgan fingerprint density at radius 2 is 0.914 bits per heavy atom. The van der Waals surface area contributed by atoms with Crippen molar-refractivity contribution in [1.82, 2.24) is 4.57 Å². The van der Waals surface area contributed by atoms with Gasteiger partial charge in [0.25, 0.3) is 0 Å². The van der Waals surface area contributed by atoms with E-state index in [0.29, 0.717) is 0 Å². The van der Waals surface area contributed by atoms with Gasteiger partial charge in [0.05, 0.1) is 10.9 Å². The molecule has 10 rings (SSSR count). The maximum atomic E-state index is 2.51. The van der Waals surface area contributed by atoms with Gasteiger partial charge in [-0.05, 0) is 138 Å². The van der Waals surface area contributed by atoms with Crippen LogP contribution in [0.3, 0.4) is 0 Å². The fourth-order valence-corrected chi connectivity index (χ4v) is 10.6. The first-order valence-electron chi connectivity index (χ1n) is 20.9. The molecular weight excluding hydrogens is 699 g/mol. The number of hydrogen-bond donors (Lipinski definition) is 0. The molecule has 1 heterocycles. The molecule has 0 bridgehead atoms. The van der Waals surface area contributed by atoms with E-state index in [0.717, 1.165) is 0 Å². The Morgan fingerprint density at radius 3 is 1.50 bits per heavy atom. The molecular formula is C57H51N. The highest BCUT2D eigenvalue weighted by atomic mass is 15.0. The maximum absolute atomic E-state index is 2.51. The van der Waals surface area contributed by atoms with E-state index in [2.05, 4.69) is 224 Å². The molecule has 0 N–H and O–H groups in total. The minimum absolute atomic E-state index is 0.0223. The summed E-state index contributed by atoms with van der Waals surface area (Å²) in [5, 5.41) is 6.80. The van der Waals surface area contributed by atoms with Gasteiger partial charge in [-0.15, -0.1) is 0 Å². The Kier molecular flexibility index (Phi) is 8.06. The van der Waals surface area contributed by atoms with Crippen LogP contribution in [0.2, 0.25) is 0 Å². The number of benzene rings is 8. The van der Waals surface area contributed by atoms with Crippen molar-refractivity contribution < 1.29 is 0 Å². The van der Waals surface area contributed by atoms with Gasteiger partial charge in [-0.1, -0.05) is 175 Å². The highest BCUT2D eigenvalue weighted by Gasteiger charge is 2.46. The largest absolute Gasteiger partial charge is 0.314 e. The first kappa shape index (κ1) is 36.2. The maximum Gasteiger partial charge on any atom is 0.0713 e. The van der Waals surface area contributed by atoms with Crippen LogP contribution in [0.15, 0.2) is 164 Å². The van der Waals surface area contributed by atoms with Crippen molar-refractivity contribution in [2.75, 3.05) is 0 Å². The van der Waals surface area contributed by atoms with Gasteiger partial charge in [0.1, 0.15) is 0 Å². The van der Waals surface area contributed by atoms with Crippen LogP contribution >= 0.6 is 0 Å². The van der Waals surface area contributed by atoms with Crippen LogP contribution < -0.4 is 0 Å². The number of aryl methyl sites for hydroxylation is 1. The van der Waals surface area contributed by atoms with Gasteiger partial charge >= 0.3 is 0 Å². The molecule has 0 saturated carbocycles. The van der Waals surface area contributed by atoms with E-state index in [-0.39, 0.29) is 10.8 Å². The van der Waals surface area contributed by atoms with E-state index in [1.54, 1.807) is 0 Å². The van der Waals surface area contributed by atoms with Gasteiger partial charge < -0.3 is 4.57 Å². The van der Waals surface area contributed by atoms with Crippen LogP contribution in [0, 0.1) is 13.8 Å². The van der Waals surface area contributed by atoms with Gasteiger partial charge in [-0.3, -0.25) is 0 Å². The van der Waals surface area contributed by atoms with Crippen molar-refractivity contribution in [2.24, 2.45) is 0 Å². The Balaban J connectivity index is 1.15. The summed E-state index contributed by atoms with van der Waals surface area (Å²) in [6.07, 6.45) is 0. The summed E-state index contributed by atoms with van der Waals surface area (Å²) < 4.78 is 2.49. The van der Waals surface area contributed by atoms with Crippen molar-refractivity contribution in [3.8, 4) is 27.9 Å². The minimum atomic E-state index is -0.421. The van der Waals surface area contributed by atoms with Crippen LogP contribution in [0.4, 0.5) is 0 Å². The topological polar surface area (TPSA) is 4.93 Å². The van der Waals surface area contributed by atoms with E-state index in [4.69, 9.17) is 0 Å². The molecule has 0 spiro atoms. The quantitative estimate of drug-likeness (QED) is 0.158. The van der Waals surface area contributed by atoms with Crippen LogP contribution in [-0.4, -0.2) is 4.57 Å². The standard InChI is InChI=1S/C57H51N/c1-36-37(2)58(52-35-49-48(34-47(36)52)53(55(3,4)5)45-24-15-16-25-46(45)54(49)56(6,7)8)42-30-27-38(28-31-42)39-29-32-44-43-23-17-18-26-50(43)57(51(44)33-39,40-19-11-9-12-20-40)41-21-13-10-14-22-41/h9-35H,1-8H3. The van der Waals surface area contributed by atoms with Crippen LogP contribution in [0.1, 0.15) is 86.2 Å². The lowest BCUT2D eigenvalue weighted by Gasteiger charge is -2.34. The summed E-state index contributed by atoms with van der Waals surface area (Å²) in [4.78, 5) is 0. The monoisotopic (exact) mass is 749 g/mol. The molecule has 0 amide bonds. The SMILES string of the molecule is Cc1c(C)n(-c2ccc(-c3ccc4c(c3)C(c3ccccc3)(c3ccccc3)c3ccccc3-4)cc2)c2cc3c(C(C)(C)C)c4ccccc4c(C(C)(C)C)c3cc12. The third-order valence-electron chi connectivity index (χ3n) is 13.1. The van der Waals surface area contributed by atoms with E-state index >= 15 is 0 Å². The average Bonchev–Trinajstić information content (AvgIpc) is 3.65. The average molecular weight is 750 g/mol. The number of nitrogens with zero attached hydrogens (tertiary/aromatic N) is 1. The Bertz CT molecular complexity index is 3020. The van der Waals surface area contributed by atoms with Crippen LogP contribution in [-0.2, 0) is 16.2 Å². The zero-order valence-electron chi connectivity index (χ0n) is 35.0. The molecule has 1 aromatic heterocycles. The minimum Gasteiger partial charge on any atom is -0.314 e. The summed E-state index contributed by atoms with van der Waals surface area (Å²) in [5.74, 6) is 0. The van der Waals surface area contributed by atoms with Gasteiger partial charge in [-0.2, -0.15) is 0 Å². The smallest absolute Gasteiger partial charge is 0.0713 e. The third-order valence-corrected chi connectivity index (χ3v) is 13.1. The second-order valence-corrected chi connectivity index (χ2v) is 18.6. The summed E-state index contributed by atoms with van der Waals surface area (Å²) in [7, 11) is 0. The van der Waals surface area contributed by atoms with Gasteiger partial charge in [-0.25, -0.2) is 0 Å². The molecule has 1 nitrogen and oxygen atoms in total. The number of fused-ring (bicyclic) bond motifs is 6. The molecule has 0 aliphatic heterocycles. The van der Waals surface area contributed by atoms with Gasteiger partial charge in [0, 0.05) is 16.8 Å². The van der Waals surface area contributed by atoms with Crippen LogP contribution in [0.25, 0.3) is 60.4 Å². The fraction of sp³-hybridized carbons (Fsp3) is 0.193. The normalized spacial score (nSPS) is 13.7. The molecule has 58 heavy (non-hydrogen) atoms. The second-order valence-electron chi connectivity index (χ2n) is 18.6.